The third-order valence-corrected chi connectivity index (χ3v) is 3.04. The van der Waals surface area contributed by atoms with Gasteiger partial charge in [-0.2, -0.15) is 0 Å². The van der Waals surface area contributed by atoms with Gasteiger partial charge < -0.3 is 10.2 Å². The highest BCUT2D eigenvalue weighted by Crippen LogP contribution is 2.38. The second-order valence-electron chi connectivity index (χ2n) is 3.96. The van der Waals surface area contributed by atoms with Gasteiger partial charge in [0.1, 0.15) is 0 Å². The maximum Gasteiger partial charge on any atom is 0.346 e. The van der Waals surface area contributed by atoms with Crippen LogP contribution in [0.5, 0.6) is 0 Å². The summed E-state index contributed by atoms with van der Waals surface area (Å²) >= 11 is 0. The van der Waals surface area contributed by atoms with Gasteiger partial charge in [-0.05, 0) is 0 Å². The molecule has 0 aromatic heterocycles. The average molecular weight is 220 g/mol. The molecule has 16 heavy (non-hydrogen) atoms. The Morgan fingerprint density at radius 3 is 2.75 bits per heavy atom. The molecule has 0 spiro atoms. The number of benzene rings is 1. The number of fused-ring (bicyclic) bond motifs is 3. The number of hydrogen-bond acceptors (Lipinski definition) is 5. The zero-order valence-corrected chi connectivity index (χ0v) is 8.19. The summed E-state index contributed by atoms with van der Waals surface area (Å²) in [5.74, 6) is -0.633. The summed E-state index contributed by atoms with van der Waals surface area (Å²) in [6.45, 7) is 0. The number of hydrogen-bond donors (Lipinski definition) is 5. The summed E-state index contributed by atoms with van der Waals surface area (Å²) < 4.78 is 0. The monoisotopic (exact) mass is 220 g/mol. The molecule has 6 nitrogen and oxygen atoms in total. The van der Waals surface area contributed by atoms with Crippen LogP contribution in [0, 0.1) is 0 Å². The van der Waals surface area contributed by atoms with Crippen LogP contribution in [0.1, 0.15) is 15.9 Å². The van der Waals surface area contributed by atoms with Crippen molar-refractivity contribution in [3.63, 3.8) is 0 Å². The van der Waals surface area contributed by atoms with Crippen LogP contribution in [0.25, 0.3) is 0 Å². The van der Waals surface area contributed by atoms with E-state index in [0.29, 0.717) is 5.56 Å². The van der Waals surface area contributed by atoms with Crippen molar-refractivity contribution in [3.05, 3.63) is 35.4 Å². The number of nitrogens with two attached hydrogens (primary N) is 1. The Morgan fingerprint density at radius 2 is 2.00 bits per heavy atom. The number of ketones is 1. The lowest BCUT2D eigenvalue weighted by atomic mass is 10.0. The van der Waals surface area contributed by atoms with E-state index in [9.17, 15) is 15.0 Å². The van der Waals surface area contributed by atoms with Gasteiger partial charge in [-0.3, -0.25) is 10.5 Å². The van der Waals surface area contributed by atoms with Crippen LogP contribution in [-0.4, -0.2) is 27.7 Å². The molecule has 2 atom stereocenters. The van der Waals surface area contributed by atoms with Crippen molar-refractivity contribution in [2.45, 2.75) is 11.4 Å². The minimum atomic E-state index is -2.12. The van der Waals surface area contributed by atoms with Crippen molar-refractivity contribution in [1.29, 1.82) is 0 Å². The lowest BCUT2D eigenvalue weighted by Crippen LogP contribution is -2.87. The van der Waals surface area contributed by atoms with Gasteiger partial charge in [0.15, 0.2) is 0 Å². The van der Waals surface area contributed by atoms with Crippen LogP contribution in [-0.2, 0) is 5.72 Å². The molecule has 0 amide bonds. The molecule has 0 radical (unpaired) electrons. The van der Waals surface area contributed by atoms with E-state index in [2.05, 4.69) is 10.3 Å². The molecule has 0 fully saturated rings. The van der Waals surface area contributed by atoms with Crippen LogP contribution >= 0.6 is 0 Å². The molecule has 0 saturated carbocycles. The van der Waals surface area contributed by atoms with Gasteiger partial charge in [0.05, 0.1) is 0 Å². The molecule has 0 saturated heterocycles. The fraction of sp³-hybridized carbons (Fsp3) is 0.200. The van der Waals surface area contributed by atoms with Crippen molar-refractivity contribution in [2.24, 2.45) is 5.73 Å². The molecule has 0 bridgehead atoms. The molecule has 82 valence electrons. The summed E-state index contributed by atoms with van der Waals surface area (Å²) in [7, 11) is 0. The lowest BCUT2D eigenvalue weighted by Gasteiger charge is -2.23. The van der Waals surface area contributed by atoms with Gasteiger partial charge in [0.25, 0.3) is 5.72 Å². The smallest absolute Gasteiger partial charge is 0.346 e. The Labute approximate surface area is 90.4 Å². The third kappa shape index (κ3) is 0.763. The quantitative estimate of drug-likeness (QED) is 0.315. The Balaban J connectivity index is 2.34. The van der Waals surface area contributed by atoms with Crippen LogP contribution in [0.2, 0.25) is 0 Å². The van der Waals surface area contributed by atoms with Crippen LogP contribution in [0.15, 0.2) is 24.3 Å². The number of Topliss-reactive ketones (excluding diaryl/α,β-unsaturated/α-hetero) is 1. The Morgan fingerprint density at radius 1 is 1.31 bits per heavy atom. The molecule has 0 unspecified atom stereocenters. The fourth-order valence-electron chi connectivity index (χ4n) is 2.28. The number of rotatable bonds is 0. The first-order chi connectivity index (χ1) is 7.49. The summed E-state index contributed by atoms with van der Waals surface area (Å²) in [4.78, 5) is 14.5. The number of guanidine groups is 1. The van der Waals surface area contributed by atoms with Crippen molar-refractivity contribution in [3.8, 4) is 0 Å². The van der Waals surface area contributed by atoms with Gasteiger partial charge in [-0.15, -0.1) is 0 Å². The molecule has 6 heteroatoms. The van der Waals surface area contributed by atoms with E-state index in [-0.39, 0.29) is 11.5 Å². The Kier molecular flexibility index (Phi) is 1.41. The number of carbonyl (C=O) groups excluding carboxylic acids is 1. The topological polar surface area (TPSA) is 110 Å². The first-order valence-corrected chi connectivity index (χ1v) is 4.77. The molecule has 6 N–H and O–H groups in total. The minimum absolute atomic E-state index is 0.0344. The highest BCUT2D eigenvalue weighted by molar-refractivity contribution is 6.09. The predicted octanol–water partition coefficient (Wildman–Crippen LogP) is -3.28. The third-order valence-electron chi connectivity index (χ3n) is 3.04. The molecule has 1 aromatic carbocycles. The zero-order chi connectivity index (χ0) is 11.6. The largest absolute Gasteiger partial charge is 0.350 e. The van der Waals surface area contributed by atoms with Crippen LogP contribution in [0.3, 0.4) is 0 Å². The predicted molar refractivity (Wildman–Crippen MR) is 52.9 cm³/mol. The molecular weight excluding hydrogens is 210 g/mol. The van der Waals surface area contributed by atoms with E-state index in [4.69, 9.17) is 5.73 Å². The first-order valence-electron chi connectivity index (χ1n) is 4.77. The standard InChI is InChI=1S/C10H9N3O3/c11-8-12-9(15)6-4-2-1-3-5(6)7(14)10(9,16)13-8/h1-4,15-16H,(H3,11,12,13)/p+1/t9-,10+/m0/s1. The van der Waals surface area contributed by atoms with Crippen LogP contribution < -0.4 is 16.0 Å². The van der Waals surface area contributed by atoms with E-state index in [1.54, 1.807) is 24.3 Å². The highest BCUT2D eigenvalue weighted by atomic mass is 16.4. The van der Waals surface area contributed by atoms with E-state index in [1.165, 1.54) is 0 Å². The van der Waals surface area contributed by atoms with E-state index >= 15 is 0 Å². The normalized spacial score (nSPS) is 35.4. The first kappa shape index (κ1) is 9.32. The minimum Gasteiger partial charge on any atom is -0.350 e. The highest BCUT2D eigenvalue weighted by Gasteiger charge is 2.70. The molecule has 1 heterocycles. The van der Waals surface area contributed by atoms with Gasteiger partial charge >= 0.3 is 11.7 Å². The summed E-state index contributed by atoms with van der Waals surface area (Å²) in [5, 5.41) is 22.9. The van der Waals surface area contributed by atoms with Gasteiger partial charge in [0.2, 0.25) is 5.78 Å². The number of nitrogens with one attached hydrogen (secondary N) is 2. The van der Waals surface area contributed by atoms with E-state index in [0.717, 1.165) is 0 Å². The van der Waals surface area contributed by atoms with Crippen molar-refractivity contribution in [1.82, 2.24) is 5.32 Å². The second kappa shape index (κ2) is 2.42. The number of aliphatic hydroxyl groups is 2. The van der Waals surface area contributed by atoms with Gasteiger partial charge in [-0.1, -0.05) is 24.3 Å². The summed E-state index contributed by atoms with van der Waals surface area (Å²) in [6, 6.07) is 6.45. The zero-order valence-electron chi connectivity index (χ0n) is 8.19. The molecule has 1 aliphatic heterocycles. The Bertz CT molecular complexity index is 542. The lowest BCUT2D eigenvalue weighted by molar-refractivity contribution is -0.633. The molecular formula is C10H10N3O3+. The van der Waals surface area contributed by atoms with Gasteiger partial charge in [0, 0.05) is 11.1 Å². The molecule has 1 aromatic rings. The maximum atomic E-state index is 12.0. The van der Waals surface area contributed by atoms with Crippen LogP contribution in [0.4, 0.5) is 0 Å². The van der Waals surface area contributed by atoms with E-state index in [1.807, 2.05) is 0 Å². The average Bonchev–Trinajstić information content (AvgIpc) is 2.57. The fourth-order valence-corrected chi connectivity index (χ4v) is 2.28. The number of carbonyl (C=O) groups is 1. The molecule has 3 rings (SSSR count). The molecule has 2 aliphatic rings. The summed E-state index contributed by atoms with van der Waals surface area (Å²) in [6.07, 6.45) is 0. The van der Waals surface area contributed by atoms with Crippen molar-refractivity contribution in [2.75, 3.05) is 0 Å². The van der Waals surface area contributed by atoms with Gasteiger partial charge in [-0.25, -0.2) is 10.3 Å². The summed E-state index contributed by atoms with van der Waals surface area (Å²) in [5.41, 5.74) is 2.01. The SMILES string of the molecule is NC1=[NH+][C@]2(O)c3ccccc3C(=O)[C@]2(O)N1. The van der Waals surface area contributed by atoms with Crippen molar-refractivity contribution < 1.29 is 20.0 Å². The maximum absolute atomic E-state index is 12.0. The second-order valence-corrected chi connectivity index (χ2v) is 3.96. The molecule has 1 aliphatic carbocycles. The Hall–Kier alpha value is -1.92. The van der Waals surface area contributed by atoms with Crippen molar-refractivity contribution >= 4 is 11.7 Å². The van der Waals surface area contributed by atoms with E-state index < -0.39 is 17.2 Å².